The Morgan fingerprint density at radius 3 is 2.94 bits per heavy atom. The van der Waals surface area contributed by atoms with E-state index < -0.39 is 0 Å². The van der Waals surface area contributed by atoms with Gasteiger partial charge in [-0.2, -0.15) is 0 Å². The molecule has 1 saturated heterocycles. The second-order valence-electron chi connectivity index (χ2n) is 5.40. The number of methoxy groups -OCH3 is 1. The molecule has 0 bridgehead atoms. The molecule has 2 nitrogen and oxygen atoms in total. The molecule has 0 radical (unpaired) electrons. The summed E-state index contributed by atoms with van der Waals surface area (Å²) in [6, 6.07) is 8.49. The van der Waals surface area contributed by atoms with E-state index in [9.17, 15) is 0 Å². The highest BCUT2D eigenvalue weighted by Crippen LogP contribution is 2.27. The van der Waals surface area contributed by atoms with Crippen molar-refractivity contribution in [2.75, 3.05) is 13.7 Å². The van der Waals surface area contributed by atoms with Crippen molar-refractivity contribution in [3.63, 3.8) is 0 Å². The number of hydrogen-bond acceptors (Lipinski definition) is 2. The van der Waals surface area contributed by atoms with E-state index in [0.29, 0.717) is 5.54 Å². The predicted octanol–water partition coefficient (Wildman–Crippen LogP) is 3.55. The standard InChI is InChI=1S/C16H25NO/c1-3-16(10-5-4-6-11-17-16)13-14-8-7-9-15(12-14)18-2/h7-9,12,17H,3-6,10-11,13H2,1-2H3. The van der Waals surface area contributed by atoms with Crippen molar-refractivity contribution in [3.8, 4) is 5.75 Å². The van der Waals surface area contributed by atoms with Crippen LogP contribution >= 0.6 is 0 Å². The van der Waals surface area contributed by atoms with Gasteiger partial charge in [-0.25, -0.2) is 0 Å². The largest absolute Gasteiger partial charge is 0.497 e. The van der Waals surface area contributed by atoms with Crippen LogP contribution in [0, 0.1) is 0 Å². The molecule has 1 aromatic rings. The van der Waals surface area contributed by atoms with Crippen LogP contribution in [0.5, 0.6) is 5.75 Å². The summed E-state index contributed by atoms with van der Waals surface area (Å²) in [7, 11) is 1.73. The zero-order valence-corrected chi connectivity index (χ0v) is 11.7. The van der Waals surface area contributed by atoms with Crippen LogP contribution in [-0.2, 0) is 6.42 Å². The SMILES string of the molecule is CCC1(Cc2cccc(OC)c2)CCCCCN1. The van der Waals surface area contributed by atoms with Crippen LogP contribution < -0.4 is 10.1 Å². The highest BCUT2D eigenvalue weighted by atomic mass is 16.5. The third kappa shape index (κ3) is 3.26. The highest BCUT2D eigenvalue weighted by molar-refractivity contribution is 5.29. The summed E-state index contributed by atoms with van der Waals surface area (Å²) in [6.07, 6.45) is 7.64. The third-order valence-electron chi connectivity index (χ3n) is 4.19. The Hall–Kier alpha value is -1.02. The van der Waals surface area contributed by atoms with Gasteiger partial charge in [0.05, 0.1) is 7.11 Å². The Labute approximate surface area is 111 Å². The first-order chi connectivity index (χ1) is 8.78. The summed E-state index contributed by atoms with van der Waals surface area (Å²) in [5, 5.41) is 3.79. The maximum absolute atomic E-state index is 5.31. The van der Waals surface area contributed by atoms with Gasteiger partial charge >= 0.3 is 0 Å². The molecule has 100 valence electrons. The van der Waals surface area contributed by atoms with Crippen molar-refractivity contribution in [1.29, 1.82) is 0 Å². The van der Waals surface area contributed by atoms with Crippen LogP contribution in [-0.4, -0.2) is 19.2 Å². The second-order valence-corrected chi connectivity index (χ2v) is 5.40. The van der Waals surface area contributed by atoms with Gasteiger partial charge in [0.1, 0.15) is 5.75 Å². The van der Waals surface area contributed by atoms with E-state index >= 15 is 0 Å². The molecule has 1 fully saturated rings. The molecule has 1 aliphatic heterocycles. The molecule has 2 heteroatoms. The Morgan fingerprint density at radius 2 is 2.17 bits per heavy atom. The van der Waals surface area contributed by atoms with Gasteiger partial charge < -0.3 is 10.1 Å². The molecule has 1 unspecified atom stereocenters. The lowest BCUT2D eigenvalue weighted by atomic mass is 9.84. The first kappa shape index (κ1) is 13.4. The molecule has 0 aromatic heterocycles. The molecule has 0 saturated carbocycles. The molecule has 0 amide bonds. The van der Waals surface area contributed by atoms with Gasteiger partial charge in [0.2, 0.25) is 0 Å². The molecule has 1 N–H and O–H groups in total. The van der Waals surface area contributed by atoms with Gasteiger partial charge in [-0.1, -0.05) is 31.9 Å². The van der Waals surface area contributed by atoms with Crippen LogP contribution in [0.2, 0.25) is 0 Å². The Balaban J connectivity index is 2.12. The molecule has 0 aliphatic carbocycles. The summed E-state index contributed by atoms with van der Waals surface area (Å²) in [4.78, 5) is 0. The van der Waals surface area contributed by atoms with Gasteiger partial charge in [-0.15, -0.1) is 0 Å². The van der Waals surface area contributed by atoms with Crippen molar-refractivity contribution in [2.24, 2.45) is 0 Å². The lowest BCUT2D eigenvalue weighted by Crippen LogP contribution is -2.46. The maximum atomic E-state index is 5.31. The van der Waals surface area contributed by atoms with Crippen molar-refractivity contribution in [3.05, 3.63) is 29.8 Å². The summed E-state index contributed by atoms with van der Waals surface area (Å²) in [5.41, 5.74) is 1.67. The zero-order valence-electron chi connectivity index (χ0n) is 11.7. The van der Waals surface area contributed by atoms with E-state index in [1.807, 2.05) is 6.07 Å². The maximum Gasteiger partial charge on any atom is 0.119 e. The van der Waals surface area contributed by atoms with Crippen LogP contribution in [0.4, 0.5) is 0 Å². The van der Waals surface area contributed by atoms with Crippen molar-refractivity contribution in [1.82, 2.24) is 5.32 Å². The second kappa shape index (κ2) is 6.24. The van der Waals surface area contributed by atoms with E-state index in [-0.39, 0.29) is 0 Å². The first-order valence-corrected chi connectivity index (χ1v) is 7.16. The fraction of sp³-hybridized carbons (Fsp3) is 0.625. The summed E-state index contributed by atoms with van der Waals surface area (Å²) >= 11 is 0. The minimum absolute atomic E-state index is 0.295. The van der Waals surface area contributed by atoms with E-state index in [1.165, 1.54) is 37.7 Å². The molecule has 1 aromatic carbocycles. The summed E-state index contributed by atoms with van der Waals surface area (Å²) in [6.45, 7) is 3.47. The lowest BCUT2D eigenvalue weighted by molar-refractivity contribution is 0.301. The average molecular weight is 247 g/mol. The third-order valence-corrected chi connectivity index (χ3v) is 4.19. The molecule has 1 heterocycles. The van der Waals surface area contributed by atoms with Crippen LogP contribution in [0.1, 0.15) is 44.6 Å². The van der Waals surface area contributed by atoms with Gasteiger partial charge in [0.25, 0.3) is 0 Å². The van der Waals surface area contributed by atoms with Gasteiger partial charge in [0, 0.05) is 5.54 Å². The quantitative estimate of drug-likeness (QED) is 0.878. The summed E-state index contributed by atoms with van der Waals surface area (Å²) < 4.78 is 5.31. The van der Waals surface area contributed by atoms with E-state index in [1.54, 1.807) is 7.11 Å². The molecule has 18 heavy (non-hydrogen) atoms. The number of ether oxygens (including phenoxy) is 1. The van der Waals surface area contributed by atoms with E-state index in [4.69, 9.17) is 4.74 Å². The number of hydrogen-bond donors (Lipinski definition) is 1. The fourth-order valence-corrected chi connectivity index (χ4v) is 2.96. The smallest absolute Gasteiger partial charge is 0.119 e. The Kier molecular flexibility index (Phi) is 4.65. The molecule has 2 rings (SSSR count). The predicted molar refractivity (Wildman–Crippen MR) is 76.2 cm³/mol. The van der Waals surface area contributed by atoms with Crippen LogP contribution in [0.25, 0.3) is 0 Å². The van der Waals surface area contributed by atoms with Gasteiger partial charge in [0.15, 0.2) is 0 Å². The minimum Gasteiger partial charge on any atom is -0.497 e. The Bertz CT molecular complexity index is 367. The van der Waals surface area contributed by atoms with Crippen molar-refractivity contribution in [2.45, 2.75) is 51.0 Å². The van der Waals surface area contributed by atoms with E-state index in [2.05, 4.69) is 30.4 Å². The molecule has 1 atom stereocenters. The first-order valence-electron chi connectivity index (χ1n) is 7.16. The number of nitrogens with one attached hydrogen (secondary N) is 1. The molecular weight excluding hydrogens is 222 g/mol. The zero-order chi connectivity index (χ0) is 12.8. The molecular formula is C16H25NO. The van der Waals surface area contributed by atoms with Crippen LogP contribution in [0.3, 0.4) is 0 Å². The minimum atomic E-state index is 0.295. The average Bonchev–Trinajstić information content (AvgIpc) is 2.65. The number of benzene rings is 1. The van der Waals surface area contributed by atoms with Gasteiger partial charge in [-0.05, 0) is 49.9 Å². The molecule has 1 aliphatic rings. The van der Waals surface area contributed by atoms with Crippen LogP contribution in [0.15, 0.2) is 24.3 Å². The monoisotopic (exact) mass is 247 g/mol. The lowest BCUT2D eigenvalue weighted by Gasteiger charge is -2.33. The van der Waals surface area contributed by atoms with Gasteiger partial charge in [-0.3, -0.25) is 0 Å². The normalized spacial score (nSPS) is 24.6. The van der Waals surface area contributed by atoms with Crippen molar-refractivity contribution < 1.29 is 4.74 Å². The van der Waals surface area contributed by atoms with E-state index in [0.717, 1.165) is 18.7 Å². The molecule has 0 spiro atoms. The topological polar surface area (TPSA) is 21.3 Å². The summed E-state index contributed by atoms with van der Waals surface area (Å²) in [5.74, 6) is 0.965. The van der Waals surface area contributed by atoms with Crippen molar-refractivity contribution >= 4 is 0 Å². The Morgan fingerprint density at radius 1 is 1.28 bits per heavy atom. The highest BCUT2D eigenvalue weighted by Gasteiger charge is 2.28. The fourth-order valence-electron chi connectivity index (χ4n) is 2.96. The number of rotatable bonds is 4.